The maximum Gasteiger partial charge on any atom is 0.412 e. The van der Waals surface area contributed by atoms with Gasteiger partial charge in [0.05, 0.1) is 5.52 Å². The monoisotopic (exact) mass is 260 g/mol. The first-order chi connectivity index (χ1) is 8.83. The van der Waals surface area contributed by atoms with Gasteiger partial charge < -0.3 is 9.72 Å². The Morgan fingerprint density at radius 1 is 1.21 bits per heavy atom. The van der Waals surface area contributed by atoms with Gasteiger partial charge in [0.1, 0.15) is 5.60 Å². The quantitative estimate of drug-likeness (QED) is 0.828. The van der Waals surface area contributed by atoms with Gasteiger partial charge in [-0.15, -0.1) is 0 Å². The Hall–Kier alpha value is -2.30. The maximum absolute atomic E-state index is 11.6. The van der Waals surface area contributed by atoms with E-state index in [1.807, 2.05) is 6.07 Å². The maximum atomic E-state index is 11.6. The number of H-pyrrole nitrogens is 1. The number of hydrogen-bond donors (Lipinski definition) is 2. The normalized spacial score (nSPS) is 11.3. The first-order valence-corrected chi connectivity index (χ1v) is 5.97. The lowest BCUT2D eigenvalue weighted by atomic mass is 10.2. The molecule has 0 fully saturated rings. The van der Waals surface area contributed by atoms with Crippen LogP contribution in [0.4, 0.5) is 10.5 Å². The molecular weight excluding hydrogens is 244 g/mol. The second-order valence-electron chi connectivity index (χ2n) is 5.25. The number of nitrogens with one attached hydrogen (secondary N) is 2. The molecule has 0 radical (unpaired) electrons. The van der Waals surface area contributed by atoms with Crippen molar-refractivity contribution in [3.63, 3.8) is 0 Å². The molecule has 0 saturated carbocycles. The molecule has 0 atom stereocenters. The lowest BCUT2D eigenvalue weighted by Crippen LogP contribution is -2.27. The number of pyridine rings is 1. The van der Waals surface area contributed by atoms with Gasteiger partial charge in [-0.3, -0.25) is 10.1 Å². The van der Waals surface area contributed by atoms with Crippen molar-refractivity contribution in [1.82, 2.24) is 4.98 Å². The number of benzene rings is 1. The van der Waals surface area contributed by atoms with E-state index in [2.05, 4.69) is 10.3 Å². The van der Waals surface area contributed by atoms with E-state index < -0.39 is 11.7 Å². The van der Waals surface area contributed by atoms with E-state index in [-0.39, 0.29) is 5.56 Å². The van der Waals surface area contributed by atoms with E-state index in [4.69, 9.17) is 4.74 Å². The zero-order chi connectivity index (χ0) is 14.0. The molecule has 0 aliphatic rings. The Labute approximate surface area is 110 Å². The summed E-state index contributed by atoms with van der Waals surface area (Å²) in [7, 11) is 0. The minimum atomic E-state index is -0.546. The van der Waals surface area contributed by atoms with E-state index in [1.54, 1.807) is 39.0 Å². The molecule has 1 aromatic carbocycles. The minimum Gasteiger partial charge on any atom is -0.444 e. The highest BCUT2D eigenvalue weighted by Gasteiger charge is 2.16. The van der Waals surface area contributed by atoms with Gasteiger partial charge in [0.15, 0.2) is 0 Å². The lowest BCUT2D eigenvalue weighted by Gasteiger charge is -2.19. The highest BCUT2D eigenvalue weighted by Crippen LogP contribution is 2.17. The van der Waals surface area contributed by atoms with Crippen LogP contribution < -0.4 is 10.9 Å². The summed E-state index contributed by atoms with van der Waals surface area (Å²) in [6.07, 6.45) is -0.523. The Morgan fingerprint density at radius 2 is 1.89 bits per heavy atom. The molecule has 0 saturated heterocycles. The number of ether oxygens (including phenoxy) is 1. The summed E-state index contributed by atoms with van der Waals surface area (Å²) in [5.74, 6) is 0. The molecule has 2 aromatic rings. The van der Waals surface area contributed by atoms with Crippen LogP contribution in [0.15, 0.2) is 35.1 Å². The molecule has 1 aromatic heterocycles. The number of hydrogen-bond acceptors (Lipinski definition) is 3. The van der Waals surface area contributed by atoms with Crippen molar-refractivity contribution >= 4 is 22.7 Å². The SMILES string of the molecule is CC(C)(C)OC(=O)Nc1ccc2ccc(=O)[nH]c2c1. The fraction of sp³-hybridized carbons (Fsp3) is 0.286. The molecule has 0 aliphatic heterocycles. The van der Waals surface area contributed by atoms with Crippen LogP contribution in [0.1, 0.15) is 20.8 Å². The van der Waals surface area contributed by atoms with Gasteiger partial charge in [-0.25, -0.2) is 4.79 Å². The first kappa shape index (κ1) is 13.1. The smallest absolute Gasteiger partial charge is 0.412 e. The van der Waals surface area contributed by atoms with E-state index in [1.165, 1.54) is 6.07 Å². The summed E-state index contributed by atoms with van der Waals surface area (Å²) >= 11 is 0. The zero-order valence-corrected chi connectivity index (χ0v) is 11.1. The van der Waals surface area contributed by atoms with Crippen LogP contribution >= 0.6 is 0 Å². The lowest BCUT2D eigenvalue weighted by molar-refractivity contribution is 0.0636. The second kappa shape index (κ2) is 4.76. The summed E-state index contributed by atoms with van der Waals surface area (Å²) in [5.41, 5.74) is 0.515. The number of carbonyl (C=O) groups is 1. The number of carbonyl (C=O) groups excluding carboxylic acids is 1. The molecule has 2 rings (SSSR count). The zero-order valence-electron chi connectivity index (χ0n) is 11.1. The van der Waals surface area contributed by atoms with Gasteiger partial charge in [-0.2, -0.15) is 0 Å². The van der Waals surface area contributed by atoms with Crippen LogP contribution in [-0.4, -0.2) is 16.7 Å². The van der Waals surface area contributed by atoms with Crippen LogP contribution in [0.25, 0.3) is 10.9 Å². The number of amides is 1. The molecule has 0 unspecified atom stereocenters. The largest absolute Gasteiger partial charge is 0.444 e. The van der Waals surface area contributed by atoms with Crippen molar-refractivity contribution in [2.24, 2.45) is 0 Å². The summed E-state index contributed by atoms with van der Waals surface area (Å²) < 4.78 is 5.16. The van der Waals surface area contributed by atoms with Crippen LogP contribution in [0.5, 0.6) is 0 Å². The van der Waals surface area contributed by atoms with Gasteiger partial charge >= 0.3 is 6.09 Å². The van der Waals surface area contributed by atoms with E-state index in [0.717, 1.165) is 5.39 Å². The summed E-state index contributed by atoms with van der Waals surface area (Å²) in [5, 5.41) is 3.52. The minimum absolute atomic E-state index is 0.179. The highest BCUT2D eigenvalue weighted by atomic mass is 16.6. The van der Waals surface area contributed by atoms with Gasteiger partial charge in [0.2, 0.25) is 5.56 Å². The molecule has 19 heavy (non-hydrogen) atoms. The number of anilines is 1. The van der Waals surface area contributed by atoms with E-state index in [9.17, 15) is 9.59 Å². The van der Waals surface area contributed by atoms with Crippen molar-refractivity contribution in [1.29, 1.82) is 0 Å². The van der Waals surface area contributed by atoms with Crippen molar-refractivity contribution in [2.75, 3.05) is 5.32 Å². The van der Waals surface area contributed by atoms with Crippen LogP contribution in [0, 0.1) is 0 Å². The Morgan fingerprint density at radius 3 is 2.58 bits per heavy atom. The molecule has 5 nitrogen and oxygen atoms in total. The van der Waals surface area contributed by atoms with Crippen LogP contribution in [0.3, 0.4) is 0 Å². The molecule has 1 heterocycles. The summed E-state index contributed by atoms with van der Waals surface area (Å²) in [4.78, 5) is 25.6. The number of aromatic amines is 1. The van der Waals surface area contributed by atoms with Gasteiger partial charge in [-0.1, -0.05) is 6.07 Å². The topological polar surface area (TPSA) is 71.2 Å². The van der Waals surface area contributed by atoms with E-state index in [0.29, 0.717) is 11.2 Å². The Kier molecular flexibility index (Phi) is 3.29. The Bertz CT molecular complexity index is 668. The van der Waals surface area contributed by atoms with Gasteiger partial charge in [0.25, 0.3) is 0 Å². The second-order valence-corrected chi connectivity index (χ2v) is 5.25. The predicted molar refractivity (Wildman–Crippen MR) is 74.4 cm³/mol. The molecular formula is C14H16N2O3. The fourth-order valence-electron chi connectivity index (χ4n) is 1.65. The molecule has 5 heteroatoms. The Balaban J connectivity index is 2.22. The average Bonchev–Trinajstić information content (AvgIpc) is 2.25. The standard InChI is InChI=1S/C14H16N2O3/c1-14(2,3)19-13(18)15-10-6-4-9-5-7-12(17)16-11(9)8-10/h4-8H,1-3H3,(H,15,18)(H,16,17). The third kappa shape index (κ3) is 3.58. The van der Waals surface area contributed by atoms with Crippen LogP contribution in [-0.2, 0) is 4.74 Å². The molecule has 0 spiro atoms. The highest BCUT2D eigenvalue weighted by molar-refractivity contribution is 5.89. The molecule has 2 N–H and O–H groups in total. The van der Waals surface area contributed by atoms with Crippen molar-refractivity contribution in [3.05, 3.63) is 40.7 Å². The van der Waals surface area contributed by atoms with Crippen molar-refractivity contribution < 1.29 is 9.53 Å². The predicted octanol–water partition coefficient (Wildman–Crippen LogP) is 2.88. The third-order valence-corrected chi connectivity index (χ3v) is 2.37. The number of rotatable bonds is 1. The third-order valence-electron chi connectivity index (χ3n) is 2.37. The van der Waals surface area contributed by atoms with Gasteiger partial charge in [-0.05, 0) is 44.4 Å². The summed E-state index contributed by atoms with van der Waals surface area (Å²) in [6, 6.07) is 8.46. The molecule has 100 valence electrons. The molecule has 0 aliphatic carbocycles. The van der Waals surface area contributed by atoms with Crippen molar-refractivity contribution in [3.8, 4) is 0 Å². The molecule has 0 bridgehead atoms. The molecule has 1 amide bonds. The number of aromatic nitrogens is 1. The first-order valence-electron chi connectivity index (χ1n) is 5.97. The van der Waals surface area contributed by atoms with E-state index >= 15 is 0 Å². The average molecular weight is 260 g/mol. The van der Waals surface area contributed by atoms with Crippen molar-refractivity contribution in [2.45, 2.75) is 26.4 Å². The summed E-state index contributed by atoms with van der Waals surface area (Å²) in [6.45, 7) is 5.39. The fourth-order valence-corrected chi connectivity index (χ4v) is 1.65. The number of fused-ring (bicyclic) bond motifs is 1. The van der Waals surface area contributed by atoms with Gasteiger partial charge in [0, 0.05) is 11.8 Å². The van der Waals surface area contributed by atoms with Crippen LogP contribution in [0.2, 0.25) is 0 Å².